The monoisotopic (exact) mass is 400 g/mol. The molecular weight excluding hydrogens is 368 g/mol. The van der Waals surface area contributed by atoms with Crippen LogP contribution in [0.15, 0.2) is 29.4 Å². The van der Waals surface area contributed by atoms with E-state index in [1.54, 1.807) is 14.2 Å². The summed E-state index contributed by atoms with van der Waals surface area (Å²) in [6, 6.07) is 7.98. The van der Waals surface area contributed by atoms with E-state index in [0.29, 0.717) is 31.0 Å². The van der Waals surface area contributed by atoms with Crippen molar-refractivity contribution in [2.24, 2.45) is 11.0 Å². The number of carbonyl (C=O) groups is 2. The molecule has 1 fully saturated rings. The number of benzene rings is 1. The van der Waals surface area contributed by atoms with Crippen molar-refractivity contribution in [1.29, 1.82) is 0 Å². The molecule has 0 atom stereocenters. The van der Waals surface area contributed by atoms with E-state index in [1.165, 1.54) is 10.6 Å². The molecule has 0 radical (unpaired) electrons. The van der Waals surface area contributed by atoms with Gasteiger partial charge in [-0.15, -0.1) is 0 Å². The number of hydrogen-bond acceptors (Lipinski definition) is 5. The molecule has 29 heavy (non-hydrogen) atoms. The zero-order valence-corrected chi connectivity index (χ0v) is 17.8. The molecule has 0 spiro atoms. The fraction of sp³-hybridized carbons (Fsp3) is 0.591. The molecule has 2 aliphatic heterocycles. The number of rotatable bonds is 7. The molecular formula is C22H32N4O3. The summed E-state index contributed by atoms with van der Waals surface area (Å²) in [5.41, 5.74) is 1.67. The van der Waals surface area contributed by atoms with E-state index < -0.39 is 0 Å². The van der Waals surface area contributed by atoms with Gasteiger partial charge in [0.1, 0.15) is 11.5 Å². The number of hydrazone groups is 1. The van der Waals surface area contributed by atoms with Crippen molar-refractivity contribution in [3.8, 4) is 5.75 Å². The second-order valence-electron chi connectivity index (χ2n) is 8.06. The van der Waals surface area contributed by atoms with Gasteiger partial charge in [-0.1, -0.05) is 12.1 Å². The van der Waals surface area contributed by atoms with Gasteiger partial charge in [0.15, 0.2) is 0 Å². The first-order chi connectivity index (χ1) is 14.0. The fourth-order valence-corrected chi connectivity index (χ4v) is 3.89. The summed E-state index contributed by atoms with van der Waals surface area (Å²) in [5.74, 6) is 1.27. The van der Waals surface area contributed by atoms with Crippen molar-refractivity contribution in [2.75, 3.05) is 47.4 Å². The van der Waals surface area contributed by atoms with Crippen LogP contribution in [0, 0.1) is 5.92 Å². The number of likely N-dealkylation sites (tertiary alicyclic amines) is 1. The van der Waals surface area contributed by atoms with Crippen LogP contribution in [0.2, 0.25) is 0 Å². The minimum atomic E-state index is -0.0401. The van der Waals surface area contributed by atoms with E-state index >= 15 is 0 Å². The lowest BCUT2D eigenvalue weighted by Crippen LogP contribution is -2.45. The zero-order chi connectivity index (χ0) is 20.8. The predicted octanol–water partition coefficient (Wildman–Crippen LogP) is 2.02. The maximum absolute atomic E-state index is 13.2. The number of amides is 2. The summed E-state index contributed by atoms with van der Waals surface area (Å²) in [7, 11) is 5.42. The molecule has 7 nitrogen and oxygen atoms in total. The molecule has 3 rings (SSSR count). The van der Waals surface area contributed by atoms with E-state index in [-0.39, 0.29) is 11.8 Å². The van der Waals surface area contributed by atoms with Gasteiger partial charge in [-0.05, 0) is 63.0 Å². The Labute approximate surface area is 173 Å². The smallest absolute Gasteiger partial charge is 0.270 e. The number of hydrogen-bond donors (Lipinski definition) is 0. The van der Waals surface area contributed by atoms with Crippen LogP contribution in [0.5, 0.6) is 5.75 Å². The highest BCUT2D eigenvalue weighted by molar-refractivity contribution is 6.39. The van der Waals surface area contributed by atoms with Crippen molar-refractivity contribution < 1.29 is 14.3 Å². The summed E-state index contributed by atoms with van der Waals surface area (Å²) in [6.07, 6.45) is 3.77. The Kier molecular flexibility index (Phi) is 7.25. The Morgan fingerprint density at radius 3 is 2.48 bits per heavy atom. The van der Waals surface area contributed by atoms with Crippen LogP contribution in [0.4, 0.5) is 0 Å². The standard InChI is InChI=1S/C22H32N4O3/c1-24-13-10-18(11-14-24)16-26(15-12-17-4-6-19(29-3)7-5-17)22(28)20-8-9-21(27)25(2)23-20/h4-7,18H,8-16H2,1-3H3. The first-order valence-electron chi connectivity index (χ1n) is 10.4. The van der Waals surface area contributed by atoms with Crippen LogP contribution in [-0.2, 0) is 16.0 Å². The summed E-state index contributed by atoms with van der Waals surface area (Å²) in [4.78, 5) is 29.2. The van der Waals surface area contributed by atoms with Gasteiger partial charge in [-0.2, -0.15) is 5.10 Å². The summed E-state index contributed by atoms with van der Waals surface area (Å²) < 4.78 is 5.22. The van der Waals surface area contributed by atoms with Gasteiger partial charge in [0, 0.05) is 33.0 Å². The molecule has 0 saturated carbocycles. The number of methoxy groups -OCH3 is 1. The first kappa shape index (κ1) is 21.3. The van der Waals surface area contributed by atoms with Gasteiger partial charge >= 0.3 is 0 Å². The second kappa shape index (κ2) is 9.87. The third-order valence-corrected chi connectivity index (χ3v) is 5.89. The Morgan fingerprint density at radius 2 is 1.86 bits per heavy atom. The lowest BCUT2D eigenvalue weighted by Gasteiger charge is -2.34. The highest BCUT2D eigenvalue weighted by Gasteiger charge is 2.28. The van der Waals surface area contributed by atoms with Crippen molar-refractivity contribution in [3.63, 3.8) is 0 Å². The van der Waals surface area contributed by atoms with Gasteiger partial charge in [0.25, 0.3) is 5.91 Å². The number of ether oxygens (including phenoxy) is 1. The predicted molar refractivity (Wildman–Crippen MR) is 113 cm³/mol. The van der Waals surface area contributed by atoms with Crippen LogP contribution in [-0.4, -0.2) is 79.7 Å². The molecule has 0 N–H and O–H groups in total. The van der Waals surface area contributed by atoms with Gasteiger partial charge < -0.3 is 14.5 Å². The molecule has 7 heteroatoms. The third kappa shape index (κ3) is 5.79. The second-order valence-corrected chi connectivity index (χ2v) is 8.06. The average molecular weight is 401 g/mol. The normalized spacial score (nSPS) is 18.5. The van der Waals surface area contributed by atoms with E-state index in [0.717, 1.165) is 44.6 Å². The summed E-state index contributed by atoms with van der Waals surface area (Å²) >= 11 is 0. The Balaban J connectivity index is 1.69. The Bertz CT molecular complexity index is 739. The third-order valence-electron chi connectivity index (χ3n) is 5.89. The van der Waals surface area contributed by atoms with Crippen LogP contribution in [0.1, 0.15) is 31.2 Å². The molecule has 0 unspecified atom stereocenters. The molecule has 2 heterocycles. The first-order valence-corrected chi connectivity index (χ1v) is 10.4. The zero-order valence-electron chi connectivity index (χ0n) is 17.8. The lowest BCUT2D eigenvalue weighted by molar-refractivity contribution is -0.130. The number of piperidine rings is 1. The highest BCUT2D eigenvalue weighted by Crippen LogP contribution is 2.19. The number of carbonyl (C=O) groups excluding carboxylic acids is 2. The molecule has 1 aromatic carbocycles. The minimum Gasteiger partial charge on any atom is -0.497 e. The van der Waals surface area contributed by atoms with Crippen LogP contribution in [0.25, 0.3) is 0 Å². The highest BCUT2D eigenvalue weighted by atomic mass is 16.5. The molecule has 0 aliphatic carbocycles. The molecule has 1 aromatic rings. The quantitative estimate of drug-likeness (QED) is 0.702. The SMILES string of the molecule is COc1ccc(CCN(CC2CCN(C)CC2)C(=O)C2=NN(C)C(=O)CC2)cc1. The molecule has 1 saturated heterocycles. The van der Waals surface area contributed by atoms with Gasteiger partial charge in [-0.25, -0.2) is 5.01 Å². The van der Waals surface area contributed by atoms with E-state index in [9.17, 15) is 9.59 Å². The van der Waals surface area contributed by atoms with Crippen LogP contribution < -0.4 is 4.74 Å². The largest absolute Gasteiger partial charge is 0.497 e. The molecule has 0 bridgehead atoms. The Morgan fingerprint density at radius 1 is 1.17 bits per heavy atom. The summed E-state index contributed by atoms with van der Waals surface area (Å²) in [5, 5.41) is 5.55. The van der Waals surface area contributed by atoms with Crippen LogP contribution in [0.3, 0.4) is 0 Å². The van der Waals surface area contributed by atoms with Crippen molar-refractivity contribution in [3.05, 3.63) is 29.8 Å². The maximum Gasteiger partial charge on any atom is 0.270 e. The Hall–Kier alpha value is -2.41. The average Bonchev–Trinajstić information content (AvgIpc) is 2.74. The van der Waals surface area contributed by atoms with Gasteiger partial charge in [0.2, 0.25) is 5.91 Å². The minimum absolute atomic E-state index is 0.0308. The number of nitrogens with zero attached hydrogens (tertiary/aromatic N) is 4. The lowest BCUT2D eigenvalue weighted by atomic mass is 9.96. The topological polar surface area (TPSA) is 65.5 Å². The molecule has 158 valence electrons. The fourth-order valence-electron chi connectivity index (χ4n) is 3.89. The summed E-state index contributed by atoms with van der Waals surface area (Å²) in [6.45, 7) is 3.54. The molecule has 2 aliphatic rings. The van der Waals surface area contributed by atoms with E-state index in [2.05, 4.69) is 17.0 Å². The van der Waals surface area contributed by atoms with Crippen molar-refractivity contribution >= 4 is 17.5 Å². The van der Waals surface area contributed by atoms with E-state index in [1.807, 2.05) is 29.2 Å². The maximum atomic E-state index is 13.2. The van der Waals surface area contributed by atoms with E-state index in [4.69, 9.17) is 4.74 Å². The molecule has 2 amide bonds. The molecule has 0 aromatic heterocycles. The van der Waals surface area contributed by atoms with Crippen LogP contribution >= 0.6 is 0 Å². The van der Waals surface area contributed by atoms with Gasteiger partial charge in [-0.3, -0.25) is 9.59 Å². The van der Waals surface area contributed by atoms with Gasteiger partial charge in [0.05, 0.1) is 7.11 Å². The van der Waals surface area contributed by atoms with Crippen molar-refractivity contribution in [1.82, 2.24) is 14.8 Å². The van der Waals surface area contributed by atoms with Crippen molar-refractivity contribution in [2.45, 2.75) is 32.1 Å².